The first-order valence-electron chi connectivity index (χ1n) is 10.7. The molecule has 3 atom stereocenters. The van der Waals surface area contributed by atoms with Crippen molar-refractivity contribution >= 4 is 30.5 Å². The lowest BCUT2D eigenvalue weighted by Gasteiger charge is -2.25. The van der Waals surface area contributed by atoms with Crippen molar-refractivity contribution in [1.29, 1.82) is 0 Å². The van der Waals surface area contributed by atoms with Crippen molar-refractivity contribution in [2.45, 2.75) is 52.5 Å². The topological polar surface area (TPSA) is 150 Å². The predicted octanol–water partition coefficient (Wildman–Crippen LogP) is 3.19. The number of rotatable bonds is 12. The second-order valence-corrected chi connectivity index (χ2v) is 9.97. The molecular formula is C21H29N6O6P. The molecule has 3 rings (SSSR count). The fourth-order valence-corrected chi connectivity index (χ4v) is 4.86. The van der Waals surface area contributed by atoms with Crippen molar-refractivity contribution in [3.05, 3.63) is 43.0 Å². The molecule has 3 aromatic rings. The highest BCUT2D eigenvalue weighted by atomic mass is 31.2. The summed E-state index contributed by atoms with van der Waals surface area (Å²) in [6.45, 7) is 7.15. The fourth-order valence-electron chi connectivity index (χ4n) is 3.07. The van der Waals surface area contributed by atoms with Gasteiger partial charge in [-0.1, -0.05) is 18.2 Å². The summed E-state index contributed by atoms with van der Waals surface area (Å²) in [7, 11) is -3.67. The van der Waals surface area contributed by atoms with Crippen molar-refractivity contribution in [2.75, 3.05) is 11.8 Å². The quantitative estimate of drug-likeness (QED) is 0.194. The molecule has 0 amide bonds. The molecule has 3 N–H and O–H groups in total. The predicted molar refractivity (Wildman–Crippen MR) is 125 cm³/mol. The van der Waals surface area contributed by atoms with Crippen LogP contribution in [0.5, 0.6) is 5.75 Å². The van der Waals surface area contributed by atoms with E-state index >= 15 is 0 Å². The maximum atomic E-state index is 13.6. The van der Waals surface area contributed by atoms with Crippen LogP contribution < -0.4 is 15.1 Å². The van der Waals surface area contributed by atoms with Crippen LogP contribution in [0.3, 0.4) is 0 Å². The van der Waals surface area contributed by atoms with Gasteiger partial charge >= 0.3 is 13.5 Å². The van der Waals surface area contributed by atoms with Crippen LogP contribution in [0.2, 0.25) is 0 Å². The van der Waals surface area contributed by atoms with E-state index in [1.807, 2.05) is 11.5 Å². The minimum Gasteiger partial charge on any atom is -0.462 e. The van der Waals surface area contributed by atoms with Crippen LogP contribution in [-0.2, 0) is 25.4 Å². The number of fused-ring (bicyclic) bond motifs is 1. The van der Waals surface area contributed by atoms with Crippen molar-refractivity contribution in [3.63, 3.8) is 0 Å². The number of aromatic nitrogens is 4. The second-order valence-electron chi connectivity index (χ2n) is 7.92. The molecule has 2 heterocycles. The third kappa shape index (κ3) is 6.73. The molecule has 184 valence electrons. The Morgan fingerprint density at radius 2 is 1.88 bits per heavy atom. The number of anilines is 1. The van der Waals surface area contributed by atoms with Crippen LogP contribution in [0.4, 0.5) is 5.82 Å². The van der Waals surface area contributed by atoms with Gasteiger partial charge in [0.2, 0.25) is 0 Å². The van der Waals surface area contributed by atoms with E-state index in [9.17, 15) is 14.6 Å². The highest BCUT2D eigenvalue weighted by Crippen LogP contribution is 2.44. The van der Waals surface area contributed by atoms with Gasteiger partial charge in [0.05, 0.1) is 25.1 Å². The Labute approximate surface area is 197 Å². The van der Waals surface area contributed by atoms with Gasteiger partial charge in [-0.05, 0) is 39.8 Å². The van der Waals surface area contributed by atoms with Crippen molar-refractivity contribution in [3.8, 4) is 5.75 Å². The van der Waals surface area contributed by atoms with E-state index in [2.05, 4.69) is 20.0 Å². The smallest absolute Gasteiger partial charge is 0.342 e. The van der Waals surface area contributed by atoms with Crippen LogP contribution in [0, 0.1) is 0 Å². The number of esters is 1. The zero-order valence-corrected chi connectivity index (χ0v) is 20.3. The highest BCUT2D eigenvalue weighted by molar-refractivity contribution is 7.57. The van der Waals surface area contributed by atoms with E-state index in [-0.39, 0.29) is 18.3 Å². The molecule has 2 aromatic heterocycles. The van der Waals surface area contributed by atoms with Crippen LogP contribution in [0.25, 0.3) is 11.2 Å². The first-order valence-corrected chi connectivity index (χ1v) is 12.5. The number of hydrogen-bond acceptors (Lipinski definition) is 10. The molecule has 0 saturated carbocycles. The van der Waals surface area contributed by atoms with Gasteiger partial charge in [0.1, 0.15) is 24.5 Å². The molecule has 0 unspecified atom stereocenters. The summed E-state index contributed by atoms with van der Waals surface area (Å²) < 4.78 is 32.2. The summed E-state index contributed by atoms with van der Waals surface area (Å²) in [6.07, 6.45) is 1.81. The molecule has 0 bridgehead atoms. The van der Waals surface area contributed by atoms with Gasteiger partial charge in [0.25, 0.3) is 0 Å². The molecule has 0 aliphatic carbocycles. The Bertz CT molecular complexity index is 1140. The number of imidazole rings is 1. The maximum absolute atomic E-state index is 13.6. The Hall–Kier alpha value is -3.05. The van der Waals surface area contributed by atoms with Crippen molar-refractivity contribution in [2.24, 2.45) is 0 Å². The minimum absolute atomic E-state index is 0.185. The van der Waals surface area contributed by atoms with Gasteiger partial charge in [0, 0.05) is 0 Å². The van der Waals surface area contributed by atoms with Crippen LogP contribution in [0.1, 0.15) is 27.7 Å². The zero-order valence-electron chi connectivity index (χ0n) is 19.4. The van der Waals surface area contributed by atoms with Crippen LogP contribution >= 0.6 is 7.52 Å². The Morgan fingerprint density at radius 1 is 1.15 bits per heavy atom. The Balaban J connectivity index is 1.70. The zero-order chi connectivity index (χ0) is 24.7. The number of para-hydroxylation sites is 1. The number of nitrogens with zero attached hydrogens (tertiary/aromatic N) is 4. The number of hydrogen-bond donors (Lipinski definition) is 3. The molecular weight excluding hydrogens is 463 g/mol. The van der Waals surface area contributed by atoms with Gasteiger partial charge in [-0.15, -0.1) is 0 Å². The van der Waals surface area contributed by atoms with Crippen LogP contribution in [0.15, 0.2) is 43.0 Å². The highest BCUT2D eigenvalue weighted by Gasteiger charge is 2.32. The lowest BCUT2D eigenvalue weighted by atomic mass is 10.3. The Morgan fingerprint density at radius 3 is 2.56 bits per heavy atom. The first-order chi connectivity index (χ1) is 16.2. The van der Waals surface area contributed by atoms with Gasteiger partial charge in [0.15, 0.2) is 17.0 Å². The molecule has 34 heavy (non-hydrogen) atoms. The first kappa shape index (κ1) is 25.6. The van der Waals surface area contributed by atoms with E-state index in [1.54, 1.807) is 62.9 Å². The lowest BCUT2D eigenvalue weighted by Crippen LogP contribution is -2.37. The normalized spacial score (nSPS) is 15.0. The van der Waals surface area contributed by atoms with Gasteiger partial charge in [-0.2, -0.15) is 0 Å². The van der Waals surface area contributed by atoms with Crippen molar-refractivity contribution in [1.82, 2.24) is 24.6 Å². The molecule has 0 aliphatic heterocycles. The largest absolute Gasteiger partial charge is 0.462 e. The van der Waals surface area contributed by atoms with Gasteiger partial charge in [-0.3, -0.25) is 20.0 Å². The second kappa shape index (κ2) is 11.4. The molecule has 13 heteroatoms. The minimum atomic E-state index is -3.67. The van der Waals surface area contributed by atoms with E-state index < -0.39 is 25.6 Å². The molecule has 12 nitrogen and oxygen atoms in total. The average Bonchev–Trinajstić information content (AvgIpc) is 3.20. The number of carbonyl (C=O) groups is 1. The Kier molecular flexibility index (Phi) is 8.56. The standard InChI is InChI=1S/C21H29N6O6P/c1-14(2)32-21(28)16(4)26-34(30,33-17-8-6-5-7-9-17)13-31-15(3)10-27-12-24-18-19(25-29)22-11-23-20(18)27/h5-9,11-12,14-16,29H,10,13H2,1-4H3,(H,26,30)(H,22,23,25)/t15-,16+,34+/m1/s1. The third-order valence-electron chi connectivity index (χ3n) is 4.58. The van der Waals surface area contributed by atoms with Gasteiger partial charge < -0.3 is 18.6 Å². The summed E-state index contributed by atoms with van der Waals surface area (Å²) in [5.74, 6) is 0.0164. The van der Waals surface area contributed by atoms with E-state index in [0.717, 1.165) is 0 Å². The molecule has 0 spiro atoms. The summed E-state index contributed by atoms with van der Waals surface area (Å²) in [4.78, 5) is 24.6. The maximum Gasteiger partial charge on any atom is 0.342 e. The molecule has 0 fully saturated rings. The fraction of sp³-hybridized carbons (Fsp3) is 0.429. The third-order valence-corrected chi connectivity index (χ3v) is 6.36. The monoisotopic (exact) mass is 492 g/mol. The van der Waals surface area contributed by atoms with E-state index in [1.165, 1.54) is 6.33 Å². The SMILES string of the molecule is CC(C)OC(=O)[C@H](C)N[P@](=O)(CO[C@H](C)Cn1cnc2c(NO)ncnc21)Oc1ccccc1. The average molecular weight is 492 g/mol. The number of carbonyl (C=O) groups excluding carboxylic acids is 1. The number of nitrogens with one attached hydrogen (secondary N) is 2. The summed E-state index contributed by atoms with van der Waals surface area (Å²) in [6, 6.07) is 7.76. The lowest BCUT2D eigenvalue weighted by molar-refractivity contribution is -0.149. The summed E-state index contributed by atoms with van der Waals surface area (Å²) in [5, 5.41) is 11.9. The number of benzene rings is 1. The summed E-state index contributed by atoms with van der Waals surface area (Å²) in [5.41, 5.74) is 2.88. The molecule has 0 saturated heterocycles. The molecule has 0 aliphatic rings. The van der Waals surface area contributed by atoms with Gasteiger partial charge in [-0.25, -0.2) is 20.0 Å². The molecule has 0 radical (unpaired) electrons. The van der Waals surface area contributed by atoms with Crippen LogP contribution in [-0.4, -0.2) is 55.3 Å². The van der Waals surface area contributed by atoms with E-state index in [4.69, 9.17) is 14.0 Å². The molecule has 1 aromatic carbocycles. The van der Waals surface area contributed by atoms with E-state index in [0.29, 0.717) is 23.5 Å². The van der Waals surface area contributed by atoms with Crippen molar-refractivity contribution < 1.29 is 28.6 Å². The number of ether oxygens (including phenoxy) is 2. The summed E-state index contributed by atoms with van der Waals surface area (Å²) >= 11 is 0.